The molecule has 0 fully saturated rings. The molecule has 1 atom stereocenters. The van der Waals surface area contributed by atoms with Crippen LogP contribution < -0.4 is 4.74 Å². The first-order valence-electron chi connectivity index (χ1n) is 7.13. The average molecular weight is 262 g/mol. The number of Topliss-reactive ketones (excluding diaryl/α,β-unsaturated/α-hetero) is 1. The van der Waals surface area contributed by atoms with Gasteiger partial charge in [0.2, 0.25) is 0 Å². The van der Waals surface area contributed by atoms with Crippen molar-refractivity contribution < 1.29 is 9.53 Å². The molecule has 2 nitrogen and oxygen atoms in total. The summed E-state index contributed by atoms with van der Waals surface area (Å²) in [5.41, 5.74) is 3.64. The smallest absolute Gasteiger partial charge is 0.133 e. The van der Waals surface area contributed by atoms with Gasteiger partial charge in [0, 0.05) is 12.8 Å². The summed E-state index contributed by atoms with van der Waals surface area (Å²) in [5, 5.41) is 0. The summed E-state index contributed by atoms with van der Waals surface area (Å²) in [6, 6.07) is 4.31. The molecule has 0 radical (unpaired) electrons. The molecule has 0 aliphatic carbocycles. The van der Waals surface area contributed by atoms with Gasteiger partial charge in [-0.2, -0.15) is 0 Å². The lowest BCUT2D eigenvalue weighted by molar-refractivity contribution is -0.119. The van der Waals surface area contributed by atoms with Gasteiger partial charge in [-0.05, 0) is 43.7 Å². The second-order valence-electron chi connectivity index (χ2n) is 5.58. The van der Waals surface area contributed by atoms with Gasteiger partial charge < -0.3 is 4.74 Å². The van der Waals surface area contributed by atoms with E-state index >= 15 is 0 Å². The number of methoxy groups -OCH3 is 1. The third kappa shape index (κ3) is 4.70. The normalized spacial score (nSPS) is 12.3. The largest absolute Gasteiger partial charge is 0.496 e. The molecule has 1 unspecified atom stereocenters. The van der Waals surface area contributed by atoms with Crippen LogP contribution in [0.1, 0.15) is 49.8 Å². The van der Waals surface area contributed by atoms with Gasteiger partial charge in [0.05, 0.1) is 7.11 Å². The van der Waals surface area contributed by atoms with E-state index in [0.717, 1.165) is 18.6 Å². The van der Waals surface area contributed by atoms with Crippen molar-refractivity contribution in [2.24, 2.45) is 5.92 Å². The van der Waals surface area contributed by atoms with Crippen LogP contribution in [0.2, 0.25) is 0 Å². The van der Waals surface area contributed by atoms with Gasteiger partial charge in [-0.25, -0.2) is 0 Å². The van der Waals surface area contributed by atoms with Crippen LogP contribution in [0, 0.1) is 19.8 Å². The number of benzene rings is 1. The van der Waals surface area contributed by atoms with Crippen molar-refractivity contribution in [3.05, 3.63) is 28.8 Å². The zero-order valence-electron chi connectivity index (χ0n) is 12.9. The minimum Gasteiger partial charge on any atom is -0.496 e. The average Bonchev–Trinajstić information content (AvgIpc) is 2.28. The Morgan fingerprint density at radius 3 is 2.58 bits per heavy atom. The predicted molar refractivity (Wildman–Crippen MR) is 79.9 cm³/mol. The van der Waals surface area contributed by atoms with Gasteiger partial charge in [-0.1, -0.05) is 31.5 Å². The van der Waals surface area contributed by atoms with Crippen LogP contribution in [0.4, 0.5) is 0 Å². The Bertz CT molecular complexity index is 435. The highest BCUT2D eigenvalue weighted by atomic mass is 16.5. The highest BCUT2D eigenvalue weighted by Crippen LogP contribution is 2.28. The summed E-state index contributed by atoms with van der Waals surface area (Å²) in [5.74, 6) is 1.72. The highest BCUT2D eigenvalue weighted by Gasteiger charge is 2.14. The minimum absolute atomic E-state index is 0.370. The first-order chi connectivity index (χ1) is 8.97. The van der Waals surface area contributed by atoms with E-state index in [2.05, 4.69) is 39.8 Å². The van der Waals surface area contributed by atoms with Crippen LogP contribution in [-0.4, -0.2) is 12.9 Å². The summed E-state index contributed by atoms with van der Waals surface area (Å²) in [7, 11) is 1.72. The van der Waals surface area contributed by atoms with Crippen molar-refractivity contribution in [1.82, 2.24) is 0 Å². The van der Waals surface area contributed by atoms with E-state index in [-0.39, 0.29) is 0 Å². The molecule has 0 saturated carbocycles. The molecule has 0 spiro atoms. The number of hydrogen-bond acceptors (Lipinski definition) is 2. The Kier molecular flexibility index (Phi) is 6.07. The summed E-state index contributed by atoms with van der Waals surface area (Å²) in [6.45, 7) is 8.37. The van der Waals surface area contributed by atoms with E-state index in [9.17, 15) is 4.79 Å². The number of carbonyl (C=O) groups excluding carboxylic acids is 1. The van der Waals surface area contributed by atoms with Crippen molar-refractivity contribution >= 4 is 5.78 Å². The van der Waals surface area contributed by atoms with Gasteiger partial charge in [-0.3, -0.25) is 4.79 Å². The number of ether oxygens (including phenoxy) is 1. The van der Waals surface area contributed by atoms with E-state index in [1.54, 1.807) is 7.11 Å². The Morgan fingerprint density at radius 1 is 1.32 bits per heavy atom. The number of hydrogen-bond donors (Lipinski definition) is 0. The molecule has 0 saturated heterocycles. The molecule has 0 N–H and O–H groups in total. The summed E-state index contributed by atoms with van der Waals surface area (Å²) in [6.07, 6.45) is 3.22. The zero-order chi connectivity index (χ0) is 14.4. The third-order valence-corrected chi connectivity index (χ3v) is 3.37. The first-order valence-corrected chi connectivity index (χ1v) is 7.13. The monoisotopic (exact) mass is 262 g/mol. The Morgan fingerprint density at radius 2 is 2.00 bits per heavy atom. The fourth-order valence-corrected chi connectivity index (χ4v) is 2.70. The highest BCUT2D eigenvalue weighted by molar-refractivity contribution is 5.78. The first kappa shape index (κ1) is 15.7. The molecule has 19 heavy (non-hydrogen) atoms. The van der Waals surface area contributed by atoms with Crippen LogP contribution in [0.5, 0.6) is 5.75 Å². The van der Waals surface area contributed by atoms with Crippen LogP contribution in [-0.2, 0) is 11.2 Å². The fraction of sp³-hybridized carbons (Fsp3) is 0.588. The van der Waals surface area contributed by atoms with Crippen molar-refractivity contribution in [2.75, 3.05) is 7.11 Å². The van der Waals surface area contributed by atoms with Crippen LogP contribution >= 0.6 is 0 Å². The standard InChI is InChI=1S/C17H26O2/c1-6-7-16(18)11-13(3)10-15-9-12(2)8-14(4)17(15)19-5/h8-9,13H,6-7,10-11H2,1-5H3. The topological polar surface area (TPSA) is 26.3 Å². The van der Waals surface area contributed by atoms with E-state index < -0.39 is 0 Å². The maximum atomic E-state index is 11.7. The molecule has 0 aromatic heterocycles. The van der Waals surface area contributed by atoms with Crippen molar-refractivity contribution in [2.45, 2.75) is 53.4 Å². The molecule has 0 heterocycles. The molecule has 1 aromatic carbocycles. The number of aryl methyl sites for hydroxylation is 2. The van der Waals surface area contributed by atoms with Crippen molar-refractivity contribution in [1.29, 1.82) is 0 Å². The fourth-order valence-electron chi connectivity index (χ4n) is 2.70. The third-order valence-electron chi connectivity index (χ3n) is 3.37. The Hall–Kier alpha value is -1.31. The van der Waals surface area contributed by atoms with E-state index in [1.807, 2.05) is 0 Å². The summed E-state index contributed by atoms with van der Waals surface area (Å²) < 4.78 is 5.50. The molecular formula is C17H26O2. The van der Waals surface area contributed by atoms with Crippen molar-refractivity contribution in [3.63, 3.8) is 0 Å². The van der Waals surface area contributed by atoms with Gasteiger partial charge in [0.1, 0.15) is 11.5 Å². The van der Waals surface area contributed by atoms with Gasteiger partial charge in [0.15, 0.2) is 0 Å². The Labute approximate surface area is 117 Å². The molecular weight excluding hydrogens is 236 g/mol. The van der Waals surface area contributed by atoms with E-state index in [4.69, 9.17) is 4.74 Å². The Balaban J connectivity index is 2.78. The number of rotatable bonds is 7. The summed E-state index contributed by atoms with van der Waals surface area (Å²) in [4.78, 5) is 11.7. The molecule has 0 aliphatic rings. The minimum atomic E-state index is 0.370. The van der Waals surface area contributed by atoms with Gasteiger partial charge in [-0.15, -0.1) is 0 Å². The van der Waals surface area contributed by atoms with Crippen LogP contribution in [0.3, 0.4) is 0 Å². The molecule has 1 rings (SSSR count). The van der Waals surface area contributed by atoms with Crippen molar-refractivity contribution in [3.8, 4) is 5.75 Å². The number of carbonyl (C=O) groups is 1. The molecule has 1 aromatic rings. The number of ketones is 1. The summed E-state index contributed by atoms with van der Waals surface area (Å²) >= 11 is 0. The van der Waals surface area contributed by atoms with Gasteiger partial charge in [0.25, 0.3) is 0 Å². The molecule has 106 valence electrons. The second kappa shape index (κ2) is 7.32. The van der Waals surface area contributed by atoms with Crippen LogP contribution in [0.25, 0.3) is 0 Å². The molecule has 0 bridgehead atoms. The lowest BCUT2D eigenvalue weighted by Gasteiger charge is -2.16. The lowest BCUT2D eigenvalue weighted by Crippen LogP contribution is -2.09. The SMILES string of the molecule is CCCC(=O)CC(C)Cc1cc(C)cc(C)c1OC. The molecule has 0 aliphatic heterocycles. The molecule has 0 amide bonds. The van der Waals surface area contributed by atoms with Gasteiger partial charge >= 0.3 is 0 Å². The van der Waals surface area contributed by atoms with E-state index in [1.165, 1.54) is 16.7 Å². The van der Waals surface area contributed by atoms with E-state index in [0.29, 0.717) is 24.5 Å². The van der Waals surface area contributed by atoms with Crippen LogP contribution in [0.15, 0.2) is 12.1 Å². The maximum absolute atomic E-state index is 11.7. The maximum Gasteiger partial charge on any atom is 0.133 e. The predicted octanol–water partition coefficient (Wildman–Crippen LogP) is 4.25. The molecule has 2 heteroatoms. The quantitative estimate of drug-likeness (QED) is 0.734. The second-order valence-corrected chi connectivity index (χ2v) is 5.58. The zero-order valence-corrected chi connectivity index (χ0v) is 12.9. The lowest BCUT2D eigenvalue weighted by atomic mass is 9.92.